The zero-order valence-corrected chi connectivity index (χ0v) is 20.5. The van der Waals surface area contributed by atoms with Crippen LogP contribution in [0.2, 0.25) is 0 Å². The average molecular weight is 520 g/mol. The summed E-state index contributed by atoms with van der Waals surface area (Å²) in [5.74, 6) is 2.31. The fourth-order valence-corrected chi connectivity index (χ4v) is 3.38. The summed E-state index contributed by atoms with van der Waals surface area (Å²) >= 11 is 0. The molecule has 0 aromatic heterocycles. The van der Waals surface area contributed by atoms with Crippen molar-refractivity contribution < 1.29 is 14.2 Å². The summed E-state index contributed by atoms with van der Waals surface area (Å²) in [7, 11) is 3.41. The van der Waals surface area contributed by atoms with Crippen molar-refractivity contribution >= 4 is 29.9 Å². The van der Waals surface area contributed by atoms with Crippen LogP contribution in [0.4, 0.5) is 0 Å². The number of rotatable bonds is 11. The number of likely N-dealkylation sites (tertiary alicyclic amines) is 1. The highest BCUT2D eigenvalue weighted by atomic mass is 127. The summed E-state index contributed by atoms with van der Waals surface area (Å²) in [4.78, 5) is 7.19. The lowest BCUT2D eigenvalue weighted by Crippen LogP contribution is -2.45. The van der Waals surface area contributed by atoms with Crippen molar-refractivity contribution in [2.75, 3.05) is 53.6 Å². The number of nitrogens with one attached hydrogen (secondary N) is 2. The number of hydrogen-bond donors (Lipinski definition) is 2. The maximum Gasteiger partial charge on any atom is 0.191 e. The number of ether oxygens (including phenoxy) is 3. The normalized spacial score (nSPS) is 18.1. The van der Waals surface area contributed by atoms with Crippen molar-refractivity contribution in [1.82, 2.24) is 15.5 Å². The minimum absolute atomic E-state index is 0. The Bertz CT molecular complexity index is 603. The van der Waals surface area contributed by atoms with Crippen LogP contribution in [-0.4, -0.2) is 76.6 Å². The first-order chi connectivity index (χ1) is 13.7. The van der Waals surface area contributed by atoms with Crippen LogP contribution >= 0.6 is 24.0 Å². The first-order valence-corrected chi connectivity index (χ1v) is 10.2. The van der Waals surface area contributed by atoms with Crippen molar-refractivity contribution in [1.29, 1.82) is 0 Å². The van der Waals surface area contributed by atoms with Gasteiger partial charge in [0.25, 0.3) is 0 Å². The monoisotopic (exact) mass is 520 g/mol. The van der Waals surface area contributed by atoms with Gasteiger partial charge in [0.15, 0.2) is 17.5 Å². The molecule has 1 saturated heterocycles. The number of guanidine groups is 1. The molecule has 166 valence electrons. The van der Waals surface area contributed by atoms with Crippen LogP contribution in [-0.2, 0) is 4.74 Å². The maximum absolute atomic E-state index is 5.99. The summed E-state index contributed by atoms with van der Waals surface area (Å²) in [5.41, 5.74) is 0. The van der Waals surface area contributed by atoms with Gasteiger partial charge in [0.2, 0.25) is 0 Å². The van der Waals surface area contributed by atoms with E-state index in [0.29, 0.717) is 12.6 Å². The zero-order chi connectivity index (χ0) is 20.2. The quantitative estimate of drug-likeness (QED) is 0.266. The molecule has 2 unspecified atom stereocenters. The number of halogens is 1. The fraction of sp³-hybridized carbons (Fsp3) is 0.667. The van der Waals surface area contributed by atoms with E-state index < -0.39 is 0 Å². The van der Waals surface area contributed by atoms with E-state index >= 15 is 0 Å². The predicted molar refractivity (Wildman–Crippen MR) is 129 cm³/mol. The molecule has 0 radical (unpaired) electrons. The van der Waals surface area contributed by atoms with Crippen LogP contribution in [0.3, 0.4) is 0 Å². The number of benzene rings is 1. The molecule has 0 aliphatic carbocycles. The maximum atomic E-state index is 5.99. The van der Waals surface area contributed by atoms with Crippen molar-refractivity contribution in [3.63, 3.8) is 0 Å². The lowest BCUT2D eigenvalue weighted by atomic mass is 10.2. The second-order valence-corrected chi connectivity index (χ2v) is 7.00. The molecule has 0 bridgehead atoms. The zero-order valence-electron chi connectivity index (χ0n) is 18.1. The van der Waals surface area contributed by atoms with Gasteiger partial charge in [-0.3, -0.25) is 4.90 Å². The third-order valence-corrected chi connectivity index (χ3v) is 4.83. The Kier molecular flexibility index (Phi) is 13.0. The van der Waals surface area contributed by atoms with E-state index in [0.717, 1.165) is 50.2 Å². The molecule has 0 amide bonds. The Hall–Kier alpha value is -1.26. The largest absolute Gasteiger partial charge is 0.493 e. The summed E-state index contributed by atoms with van der Waals surface area (Å²) in [6.45, 7) is 9.28. The molecule has 1 heterocycles. The topological polar surface area (TPSA) is 67.4 Å². The van der Waals surface area contributed by atoms with Crippen LogP contribution in [0.1, 0.15) is 26.7 Å². The second-order valence-electron chi connectivity index (χ2n) is 7.00. The summed E-state index contributed by atoms with van der Waals surface area (Å²) in [5, 5.41) is 6.81. The molecule has 1 aromatic rings. The number of nitrogens with zero attached hydrogens (tertiary/aromatic N) is 2. The third-order valence-electron chi connectivity index (χ3n) is 4.83. The SMILES string of the molecule is CCNC(=NCC(C)Oc1ccccc1OC)NCC1CCCN1CCOC.I. The fourth-order valence-electron chi connectivity index (χ4n) is 3.38. The lowest BCUT2D eigenvalue weighted by Gasteiger charge is -2.25. The van der Waals surface area contributed by atoms with Crippen LogP contribution in [0.5, 0.6) is 11.5 Å². The Morgan fingerprint density at radius 3 is 2.69 bits per heavy atom. The van der Waals surface area contributed by atoms with E-state index in [1.807, 2.05) is 31.2 Å². The highest BCUT2D eigenvalue weighted by molar-refractivity contribution is 14.0. The van der Waals surface area contributed by atoms with Crippen LogP contribution in [0, 0.1) is 0 Å². The van der Waals surface area contributed by atoms with Gasteiger partial charge in [-0.2, -0.15) is 0 Å². The van der Waals surface area contributed by atoms with Crippen LogP contribution in [0.25, 0.3) is 0 Å². The molecule has 2 rings (SSSR count). The molecule has 1 fully saturated rings. The molecule has 2 atom stereocenters. The lowest BCUT2D eigenvalue weighted by molar-refractivity contribution is 0.141. The molecular weight excluding hydrogens is 483 g/mol. The highest BCUT2D eigenvalue weighted by Gasteiger charge is 2.24. The third kappa shape index (κ3) is 8.96. The summed E-state index contributed by atoms with van der Waals surface area (Å²) < 4.78 is 16.6. The van der Waals surface area contributed by atoms with Crippen molar-refractivity contribution in [3.8, 4) is 11.5 Å². The molecule has 1 aliphatic heterocycles. The molecule has 0 spiro atoms. The number of para-hydroxylation sites is 2. The van der Waals surface area contributed by atoms with E-state index in [4.69, 9.17) is 19.2 Å². The van der Waals surface area contributed by atoms with Gasteiger partial charge in [0.1, 0.15) is 6.10 Å². The van der Waals surface area contributed by atoms with Crippen molar-refractivity contribution in [3.05, 3.63) is 24.3 Å². The van der Waals surface area contributed by atoms with Gasteiger partial charge in [-0.05, 0) is 45.4 Å². The minimum Gasteiger partial charge on any atom is -0.493 e. The van der Waals surface area contributed by atoms with Gasteiger partial charge in [-0.15, -0.1) is 24.0 Å². The van der Waals surface area contributed by atoms with Gasteiger partial charge in [-0.1, -0.05) is 12.1 Å². The van der Waals surface area contributed by atoms with Crippen LogP contribution in [0.15, 0.2) is 29.3 Å². The molecule has 1 aromatic carbocycles. The molecule has 2 N–H and O–H groups in total. The molecule has 1 aliphatic rings. The number of methoxy groups -OCH3 is 2. The van der Waals surface area contributed by atoms with Crippen LogP contribution < -0.4 is 20.1 Å². The van der Waals surface area contributed by atoms with E-state index in [-0.39, 0.29) is 30.1 Å². The molecule has 0 saturated carbocycles. The number of hydrogen-bond acceptors (Lipinski definition) is 5. The van der Waals surface area contributed by atoms with Crippen molar-refractivity contribution in [2.45, 2.75) is 38.8 Å². The van der Waals surface area contributed by atoms with E-state index in [2.05, 4.69) is 22.5 Å². The summed E-state index contributed by atoms with van der Waals surface area (Å²) in [6.07, 6.45) is 2.40. The first kappa shape index (κ1) is 25.8. The van der Waals surface area contributed by atoms with Gasteiger partial charge < -0.3 is 24.8 Å². The van der Waals surface area contributed by atoms with Gasteiger partial charge in [-0.25, -0.2) is 4.99 Å². The van der Waals surface area contributed by atoms with Gasteiger partial charge >= 0.3 is 0 Å². The van der Waals surface area contributed by atoms with E-state index in [9.17, 15) is 0 Å². The molecule has 8 heteroatoms. The van der Waals surface area contributed by atoms with E-state index in [1.54, 1.807) is 14.2 Å². The molecule has 29 heavy (non-hydrogen) atoms. The Balaban J connectivity index is 0.00000420. The van der Waals surface area contributed by atoms with Gasteiger partial charge in [0, 0.05) is 32.8 Å². The standard InChI is InChI=1S/C21H36N4O3.HI/c1-5-22-21(24-16-18-9-8-12-25(18)13-14-26-3)23-15-17(2)28-20-11-7-6-10-19(20)27-4;/h6-7,10-11,17-18H,5,8-9,12-16H2,1-4H3,(H2,22,23,24);1H. The smallest absolute Gasteiger partial charge is 0.191 e. The molecular formula is C21H37IN4O3. The minimum atomic E-state index is -0.0589. The molecule has 7 nitrogen and oxygen atoms in total. The summed E-state index contributed by atoms with van der Waals surface area (Å²) in [6, 6.07) is 8.21. The average Bonchev–Trinajstić information content (AvgIpc) is 3.16. The Morgan fingerprint density at radius 1 is 1.24 bits per heavy atom. The van der Waals surface area contributed by atoms with E-state index in [1.165, 1.54) is 12.8 Å². The number of aliphatic imine (C=N–C) groups is 1. The second kappa shape index (κ2) is 14.7. The van der Waals surface area contributed by atoms with Crippen molar-refractivity contribution in [2.24, 2.45) is 4.99 Å². The highest BCUT2D eigenvalue weighted by Crippen LogP contribution is 2.26. The first-order valence-electron chi connectivity index (χ1n) is 10.2. The predicted octanol–water partition coefficient (Wildman–Crippen LogP) is 2.75. The Labute approximate surface area is 192 Å². The van der Waals surface area contributed by atoms with Gasteiger partial charge in [0.05, 0.1) is 20.3 Å². The Morgan fingerprint density at radius 2 is 2.00 bits per heavy atom.